The lowest BCUT2D eigenvalue weighted by Gasteiger charge is -2.36. The number of rotatable bonds is 27. The molecular formula is C50H64N5O8P. The van der Waals surface area contributed by atoms with E-state index in [1.807, 2.05) is 97.2 Å². The lowest BCUT2D eigenvalue weighted by molar-refractivity contribution is -0.145. The van der Waals surface area contributed by atoms with E-state index >= 15 is 0 Å². The average molecular weight is 894 g/mol. The van der Waals surface area contributed by atoms with Crippen LogP contribution in [-0.4, -0.2) is 105 Å². The fourth-order valence-corrected chi connectivity index (χ4v) is 9.53. The molecule has 0 radical (unpaired) electrons. The van der Waals surface area contributed by atoms with Gasteiger partial charge in [-0.2, -0.15) is 5.26 Å². The van der Waals surface area contributed by atoms with Gasteiger partial charge in [-0.05, 0) is 93.1 Å². The van der Waals surface area contributed by atoms with Gasteiger partial charge in [-0.15, -0.1) is 0 Å². The summed E-state index contributed by atoms with van der Waals surface area (Å²) in [6.07, 6.45) is 3.57. The third-order valence-corrected chi connectivity index (χ3v) is 13.0. The first-order chi connectivity index (χ1) is 31.0. The predicted octanol–water partition coefficient (Wildman–Crippen LogP) is 8.77. The molecule has 0 saturated heterocycles. The van der Waals surface area contributed by atoms with Crippen LogP contribution >= 0.6 is 8.53 Å². The number of carbonyl (C=O) groups excluding carboxylic acids is 2. The standard InChI is InChI=1S/C50H64N5O8P/c1-37(2)55(38(3)4)64(62-32-13-28-51)63-33-15-30-54(36-48(56)53-47(49(57)60-7)34-39-35-52-46-19-12-11-18-45(39)46)29-14-31-61-50(40-16-9-8-10-17-40,41-20-24-43(58-5)25-21-41)42-22-26-44(59-6)27-23-42/h8-12,16-27,35,37-38,47,52H,13-15,29-34,36H2,1-7H3,(H,53,56). The van der Waals surface area contributed by atoms with E-state index in [1.165, 1.54) is 7.11 Å². The van der Waals surface area contributed by atoms with Crippen LogP contribution in [0.4, 0.5) is 0 Å². The van der Waals surface area contributed by atoms with E-state index in [-0.39, 0.29) is 44.0 Å². The number of nitrogens with one attached hydrogen (secondary N) is 2. The highest BCUT2D eigenvalue weighted by atomic mass is 31.2. The molecule has 1 amide bonds. The Hall–Kier alpha value is -5.32. The van der Waals surface area contributed by atoms with E-state index < -0.39 is 26.1 Å². The zero-order chi connectivity index (χ0) is 45.9. The van der Waals surface area contributed by atoms with Crippen LogP contribution in [0.25, 0.3) is 10.9 Å². The van der Waals surface area contributed by atoms with Gasteiger partial charge in [-0.1, -0.05) is 72.8 Å². The van der Waals surface area contributed by atoms with Crippen LogP contribution in [0.2, 0.25) is 0 Å². The quantitative estimate of drug-likeness (QED) is 0.0226. The Labute approximate surface area is 379 Å². The molecule has 5 aromatic rings. The summed E-state index contributed by atoms with van der Waals surface area (Å²) in [5, 5.41) is 13.1. The van der Waals surface area contributed by atoms with Gasteiger partial charge in [0.05, 0.1) is 53.6 Å². The molecule has 2 atom stereocenters. The second kappa shape index (κ2) is 25.2. The number of nitriles is 1. The number of benzene rings is 4. The molecule has 0 aliphatic rings. The Morgan fingerprint density at radius 1 is 0.750 bits per heavy atom. The third kappa shape index (κ3) is 13.4. The van der Waals surface area contributed by atoms with E-state index in [1.54, 1.807) is 14.2 Å². The van der Waals surface area contributed by atoms with Crippen molar-refractivity contribution in [3.8, 4) is 17.6 Å². The zero-order valence-electron chi connectivity index (χ0n) is 38.3. The fraction of sp³-hybridized carbons (Fsp3) is 0.420. The molecular weight excluding hydrogens is 830 g/mol. The summed E-state index contributed by atoms with van der Waals surface area (Å²) in [6.45, 7) is 10.5. The average Bonchev–Trinajstić information content (AvgIpc) is 3.72. The first-order valence-electron chi connectivity index (χ1n) is 21.9. The monoisotopic (exact) mass is 893 g/mol. The SMILES string of the molecule is COC(=O)C(Cc1c[nH]c2ccccc12)NC(=O)CN(CCCOP(OCCC#N)N(C(C)C)C(C)C)CCCOC(c1ccccc1)(c1ccc(OC)cc1)c1ccc(OC)cc1. The number of methoxy groups -OCH3 is 3. The number of para-hydroxylation sites is 1. The minimum atomic E-state index is -1.42. The number of esters is 1. The topological polar surface area (TPSA) is 148 Å². The molecule has 0 saturated carbocycles. The molecule has 0 spiro atoms. The molecule has 1 aromatic heterocycles. The van der Waals surface area contributed by atoms with Crippen LogP contribution in [-0.2, 0) is 40.1 Å². The van der Waals surface area contributed by atoms with Crippen LogP contribution in [0.1, 0.15) is 69.2 Å². The van der Waals surface area contributed by atoms with Gasteiger partial charge >= 0.3 is 5.97 Å². The molecule has 342 valence electrons. The van der Waals surface area contributed by atoms with Crippen molar-refractivity contribution in [3.63, 3.8) is 0 Å². The Balaban J connectivity index is 1.37. The summed E-state index contributed by atoms with van der Waals surface area (Å²) < 4.78 is 38.1. The lowest BCUT2D eigenvalue weighted by atomic mass is 9.80. The highest BCUT2D eigenvalue weighted by Gasteiger charge is 2.38. The largest absolute Gasteiger partial charge is 0.497 e. The van der Waals surface area contributed by atoms with Crippen LogP contribution in [0.15, 0.2) is 109 Å². The molecule has 5 rings (SSSR count). The van der Waals surface area contributed by atoms with Crippen molar-refractivity contribution < 1.29 is 37.6 Å². The zero-order valence-corrected chi connectivity index (χ0v) is 39.1. The first-order valence-corrected chi connectivity index (χ1v) is 23.0. The number of hydrogen-bond acceptors (Lipinski definition) is 11. The number of aromatic nitrogens is 1. The van der Waals surface area contributed by atoms with Gasteiger partial charge in [0.25, 0.3) is 8.53 Å². The van der Waals surface area contributed by atoms with Gasteiger partial charge in [0.15, 0.2) is 0 Å². The molecule has 13 nitrogen and oxygen atoms in total. The first kappa shape index (κ1) is 49.7. The molecule has 1 heterocycles. The number of carbonyl (C=O) groups is 2. The Morgan fingerprint density at radius 3 is 1.89 bits per heavy atom. The van der Waals surface area contributed by atoms with Crippen molar-refractivity contribution in [1.82, 2.24) is 19.9 Å². The van der Waals surface area contributed by atoms with E-state index in [0.717, 1.165) is 44.7 Å². The van der Waals surface area contributed by atoms with Crippen molar-refractivity contribution in [2.75, 3.05) is 60.8 Å². The van der Waals surface area contributed by atoms with E-state index in [2.05, 4.69) is 65.8 Å². The number of H-pyrrole nitrogens is 1. The summed E-state index contributed by atoms with van der Waals surface area (Å²) in [4.78, 5) is 32.4. The minimum Gasteiger partial charge on any atom is -0.497 e. The molecule has 0 bridgehead atoms. The normalized spacial score (nSPS) is 12.7. The molecule has 0 aliphatic carbocycles. The smallest absolute Gasteiger partial charge is 0.328 e. The van der Waals surface area contributed by atoms with Crippen molar-refractivity contribution in [3.05, 3.63) is 132 Å². The maximum absolute atomic E-state index is 14.0. The lowest BCUT2D eigenvalue weighted by Crippen LogP contribution is -2.47. The van der Waals surface area contributed by atoms with Gasteiger partial charge in [-0.25, -0.2) is 9.46 Å². The van der Waals surface area contributed by atoms with Crippen molar-refractivity contribution >= 4 is 31.3 Å². The summed E-state index contributed by atoms with van der Waals surface area (Å²) >= 11 is 0. The molecule has 0 aliphatic heterocycles. The molecule has 2 unspecified atom stereocenters. The van der Waals surface area contributed by atoms with Crippen molar-refractivity contribution in [2.24, 2.45) is 0 Å². The number of nitrogens with zero attached hydrogens (tertiary/aromatic N) is 3. The highest BCUT2D eigenvalue weighted by molar-refractivity contribution is 7.44. The molecule has 0 fully saturated rings. The molecule has 2 N–H and O–H groups in total. The molecule has 14 heteroatoms. The van der Waals surface area contributed by atoms with E-state index in [4.69, 9.17) is 28.0 Å². The summed E-state index contributed by atoms with van der Waals surface area (Å²) in [5.41, 5.74) is 3.65. The van der Waals surface area contributed by atoms with Gasteiger partial charge in [0.2, 0.25) is 5.91 Å². The number of aromatic amines is 1. The van der Waals surface area contributed by atoms with Crippen LogP contribution in [0, 0.1) is 11.3 Å². The Kier molecular flexibility index (Phi) is 19.6. The molecule has 4 aromatic carbocycles. The number of ether oxygens (including phenoxy) is 4. The van der Waals surface area contributed by atoms with Gasteiger partial charge in [0, 0.05) is 55.3 Å². The minimum absolute atomic E-state index is 0.0275. The van der Waals surface area contributed by atoms with E-state index in [9.17, 15) is 14.9 Å². The number of hydrogen-bond donors (Lipinski definition) is 2. The summed E-state index contributed by atoms with van der Waals surface area (Å²) in [6, 6.07) is 35.4. The number of amides is 1. The Morgan fingerprint density at radius 2 is 1.31 bits per heavy atom. The van der Waals surface area contributed by atoms with Gasteiger partial charge in [-0.3, -0.25) is 9.69 Å². The molecule has 64 heavy (non-hydrogen) atoms. The second-order valence-electron chi connectivity index (χ2n) is 15.9. The Bertz CT molecular complexity index is 2160. The maximum Gasteiger partial charge on any atom is 0.328 e. The van der Waals surface area contributed by atoms with Crippen molar-refractivity contribution in [1.29, 1.82) is 5.26 Å². The number of fused-ring (bicyclic) bond motifs is 1. The van der Waals surface area contributed by atoms with Crippen LogP contribution < -0.4 is 14.8 Å². The third-order valence-electron chi connectivity index (χ3n) is 10.9. The van der Waals surface area contributed by atoms with Gasteiger partial charge < -0.3 is 38.3 Å². The highest BCUT2D eigenvalue weighted by Crippen LogP contribution is 2.46. The van der Waals surface area contributed by atoms with Gasteiger partial charge in [0.1, 0.15) is 23.1 Å². The maximum atomic E-state index is 14.0. The van der Waals surface area contributed by atoms with Crippen LogP contribution in [0.3, 0.4) is 0 Å². The van der Waals surface area contributed by atoms with Crippen LogP contribution in [0.5, 0.6) is 11.5 Å². The van der Waals surface area contributed by atoms with Crippen molar-refractivity contribution in [2.45, 2.75) is 77.1 Å². The predicted molar refractivity (Wildman–Crippen MR) is 251 cm³/mol. The summed E-state index contributed by atoms with van der Waals surface area (Å²) in [7, 11) is 3.20. The fourth-order valence-electron chi connectivity index (χ4n) is 7.90. The summed E-state index contributed by atoms with van der Waals surface area (Å²) in [5.74, 6) is 0.638. The second-order valence-corrected chi connectivity index (χ2v) is 17.4. The van der Waals surface area contributed by atoms with E-state index in [0.29, 0.717) is 39.1 Å².